The molecule has 6 nitrogen and oxygen atoms in total. The van der Waals surface area contributed by atoms with Crippen LogP contribution in [0.15, 0.2) is 12.1 Å². The van der Waals surface area contributed by atoms with E-state index in [2.05, 4.69) is 10.1 Å². The zero-order valence-corrected chi connectivity index (χ0v) is 19.6. The monoisotopic (exact) mass is 439 g/mol. The van der Waals surface area contributed by atoms with Crippen LogP contribution in [0, 0.1) is 19.7 Å². The zero-order chi connectivity index (χ0) is 23.2. The molecule has 4 rings (SSSR count). The Hall–Kier alpha value is -2.96. The Morgan fingerprint density at radius 3 is 2.66 bits per heavy atom. The predicted molar refractivity (Wildman–Crippen MR) is 121 cm³/mol. The number of benzene rings is 1. The van der Waals surface area contributed by atoms with Crippen molar-refractivity contribution in [2.75, 3.05) is 6.61 Å². The first-order valence-electron chi connectivity index (χ1n) is 11.2. The number of carbonyl (C=O) groups is 1. The average molecular weight is 440 g/mol. The highest BCUT2D eigenvalue weighted by Crippen LogP contribution is 2.37. The minimum absolute atomic E-state index is 0.200. The molecule has 3 heterocycles. The van der Waals surface area contributed by atoms with E-state index >= 15 is 4.39 Å². The molecule has 7 heteroatoms. The standard InChI is InChI=1S/C25H30FN3O3/c1-7-31-23-20(19-10-8-9-11-29(19)28-23)24(30)32-22-14(2)15(3)27-21-17(22)12-16(13-18(21)26)25(4,5)6/h12-13H,7-11H2,1-6H3. The van der Waals surface area contributed by atoms with E-state index < -0.39 is 11.8 Å². The number of pyridine rings is 1. The normalized spacial score (nSPS) is 13.8. The van der Waals surface area contributed by atoms with Crippen LogP contribution in [0.1, 0.15) is 73.4 Å². The number of rotatable bonds is 4. The third-order valence-electron chi connectivity index (χ3n) is 6.08. The highest BCUT2D eigenvalue weighted by atomic mass is 19.1. The van der Waals surface area contributed by atoms with Crippen molar-refractivity contribution < 1.29 is 18.7 Å². The van der Waals surface area contributed by atoms with Gasteiger partial charge in [-0.05, 0) is 63.1 Å². The van der Waals surface area contributed by atoms with Gasteiger partial charge in [0.15, 0.2) is 0 Å². The van der Waals surface area contributed by atoms with E-state index in [0.29, 0.717) is 40.4 Å². The van der Waals surface area contributed by atoms with Gasteiger partial charge in [0.2, 0.25) is 5.88 Å². The maximum Gasteiger partial charge on any atom is 0.351 e. The number of hydrogen-bond acceptors (Lipinski definition) is 5. The molecule has 0 N–H and O–H groups in total. The number of halogens is 1. The van der Waals surface area contributed by atoms with E-state index in [0.717, 1.165) is 37.1 Å². The largest absolute Gasteiger partial charge is 0.476 e. The van der Waals surface area contributed by atoms with Crippen molar-refractivity contribution in [3.05, 3.63) is 46.0 Å². The van der Waals surface area contributed by atoms with Crippen molar-refractivity contribution >= 4 is 16.9 Å². The molecule has 0 atom stereocenters. The average Bonchev–Trinajstić information content (AvgIpc) is 3.09. The van der Waals surface area contributed by atoms with Gasteiger partial charge in [-0.15, -0.1) is 5.10 Å². The molecule has 2 aromatic heterocycles. The Bertz CT molecular complexity index is 1210. The number of aromatic nitrogens is 3. The van der Waals surface area contributed by atoms with E-state index in [-0.39, 0.29) is 10.9 Å². The molecule has 32 heavy (non-hydrogen) atoms. The van der Waals surface area contributed by atoms with Crippen molar-refractivity contribution in [1.29, 1.82) is 0 Å². The molecule has 0 saturated heterocycles. The molecule has 0 radical (unpaired) electrons. The predicted octanol–water partition coefficient (Wildman–Crippen LogP) is 5.44. The van der Waals surface area contributed by atoms with Crippen LogP contribution in [0.4, 0.5) is 4.39 Å². The maximum atomic E-state index is 15.0. The number of nitrogens with zero attached hydrogens (tertiary/aromatic N) is 3. The molecule has 0 fully saturated rings. The van der Waals surface area contributed by atoms with Gasteiger partial charge in [-0.3, -0.25) is 4.68 Å². The zero-order valence-electron chi connectivity index (χ0n) is 19.6. The number of ether oxygens (including phenoxy) is 2. The van der Waals surface area contributed by atoms with Crippen LogP contribution in [0.3, 0.4) is 0 Å². The van der Waals surface area contributed by atoms with E-state index in [1.165, 1.54) is 6.07 Å². The SMILES string of the molecule is CCOc1nn2c(c1C(=O)Oc1c(C)c(C)nc3c(F)cc(C(C)(C)C)cc13)CCCC2. The van der Waals surface area contributed by atoms with Gasteiger partial charge in [-0.1, -0.05) is 20.8 Å². The summed E-state index contributed by atoms with van der Waals surface area (Å²) >= 11 is 0. The van der Waals surface area contributed by atoms with Crippen molar-refractivity contribution in [3.63, 3.8) is 0 Å². The Morgan fingerprint density at radius 1 is 1.22 bits per heavy atom. The van der Waals surface area contributed by atoms with Crippen molar-refractivity contribution in [2.24, 2.45) is 0 Å². The van der Waals surface area contributed by atoms with Gasteiger partial charge in [-0.25, -0.2) is 14.2 Å². The van der Waals surface area contributed by atoms with Crippen LogP contribution >= 0.6 is 0 Å². The second kappa shape index (κ2) is 8.19. The van der Waals surface area contributed by atoms with Gasteiger partial charge in [-0.2, -0.15) is 0 Å². The first-order chi connectivity index (χ1) is 15.1. The molecule has 0 saturated carbocycles. The van der Waals surface area contributed by atoms with Crippen molar-refractivity contribution in [3.8, 4) is 11.6 Å². The Morgan fingerprint density at radius 2 is 1.97 bits per heavy atom. The molecule has 1 aromatic carbocycles. The van der Waals surface area contributed by atoms with Crippen molar-refractivity contribution in [2.45, 2.75) is 72.8 Å². The van der Waals surface area contributed by atoms with Crippen LogP contribution in [-0.4, -0.2) is 27.3 Å². The summed E-state index contributed by atoms with van der Waals surface area (Å²) in [4.78, 5) is 17.9. The summed E-state index contributed by atoms with van der Waals surface area (Å²) in [6, 6.07) is 3.38. The minimum Gasteiger partial charge on any atom is -0.476 e. The van der Waals surface area contributed by atoms with E-state index in [1.54, 1.807) is 6.92 Å². The number of fused-ring (bicyclic) bond motifs is 2. The molecule has 0 aliphatic carbocycles. The van der Waals surface area contributed by atoms with Crippen LogP contribution in [0.25, 0.3) is 10.9 Å². The minimum atomic E-state index is -0.534. The molecule has 0 spiro atoms. The van der Waals surface area contributed by atoms with Crippen LogP contribution in [0.5, 0.6) is 11.6 Å². The lowest BCUT2D eigenvalue weighted by Crippen LogP contribution is -2.17. The maximum absolute atomic E-state index is 15.0. The lowest BCUT2D eigenvalue weighted by Gasteiger charge is -2.21. The molecule has 1 aliphatic rings. The number of hydrogen-bond donors (Lipinski definition) is 0. The highest BCUT2D eigenvalue weighted by Gasteiger charge is 2.30. The summed E-state index contributed by atoms with van der Waals surface area (Å²) in [5.41, 5.74) is 3.25. The molecule has 3 aromatic rings. The van der Waals surface area contributed by atoms with Gasteiger partial charge >= 0.3 is 5.97 Å². The fourth-order valence-corrected chi connectivity index (χ4v) is 4.12. The lowest BCUT2D eigenvalue weighted by atomic mass is 9.86. The van der Waals surface area contributed by atoms with Gasteiger partial charge < -0.3 is 9.47 Å². The topological polar surface area (TPSA) is 66.2 Å². The Labute approximate surface area is 187 Å². The first kappa shape index (κ1) is 22.2. The highest BCUT2D eigenvalue weighted by molar-refractivity contribution is 5.98. The van der Waals surface area contributed by atoms with Gasteiger partial charge in [0.1, 0.15) is 22.6 Å². The summed E-state index contributed by atoms with van der Waals surface area (Å²) in [5.74, 6) is -0.330. The molecule has 0 unspecified atom stereocenters. The third kappa shape index (κ3) is 3.85. The van der Waals surface area contributed by atoms with Crippen molar-refractivity contribution in [1.82, 2.24) is 14.8 Å². The molecule has 0 bridgehead atoms. The molecule has 1 aliphatic heterocycles. The summed E-state index contributed by atoms with van der Waals surface area (Å²) in [6.07, 6.45) is 2.73. The molecule has 0 amide bonds. The van der Waals surface area contributed by atoms with E-state index in [1.807, 2.05) is 45.4 Å². The van der Waals surface area contributed by atoms with Crippen LogP contribution < -0.4 is 9.47 Å². The first-order valence-corrected chi connectivity index (χ1v) is 11.2. The Balaban J connectivity index is 1.86. The van der Waals surface area contributed by atoms with E-state index in [9.17, 15) is 4.79 Å². The number of aryl methyl sites for hydroxylation is 2. The smallest absolute Gasteiger partial charge is 0.351 e. The summed E-state index contributed by atoms with van der Waals surface area (Å²) in [5, 5.41) is 4.98. The second-order valence-corrected chi connectivity index (χ2v) is 9.39. The van der Waals surface area contributed by atoms with Crippen LogP contribution in [0.2, 0.25) is 0 Å². The van der Waals surface area contributed by atoms with Gasteiger partial charge in [0.05, 0.1) is 12.3 Å². The number of esters is 1. The summed E-state index contributed by atoms with van der Waals surface area (Å²) < 4.78 is 28.5. The second-order valence-electron chi connectivity index (χ2n) is 9.39. The molecular weight excluding hydrogens is 409 g/mol. The molecular formula is C25H30FN3O3. The lowest BCUT2D eigenvalue weighted by molar-refractivity contribution is 0.0730. The number of carbonyl (C=O) groups excluding carboxylic acids is 1. The summed E-state index contributed by atoms with van der Waals surface area (Å²) in [7, 11) is 0. The quantitative estimate of drug-likeness (QED) is 0.507. The van der Waals surface area contributed by atoms with Gasteiger partial charge in [0, 0.05) is 23.2 Å². The Kier molecular flexibility index (Phi) is 5.69. The van der Waals surface area contributed by atoms with E-state index in [4.69, 9.17) is 9.47 Å². The summed E-state index contributed by atoms with van der Waals surface area (Å²) in [6.45, 7) is 12.7. The fourth-order valence-electron chi connectivity index (χ4n) is 4.12. The van der Waals surface area contributed by atoms with Gasteiger partial charge in [0.25, 0.3) is 0 Å². The molecule has 170 valence electrons. The van der Waals surface area contributed by atoms with Crippen LogP contribution in [-0.2, 0) is 18.4 Å². The third-order valence-corrected chi connectivity index (χ3v) is 6.08. The fraction of sp³-hybridized carbons (Fsp3) is 0.480.